The van der Waals surface area contributed by atoms with Gasteiger partial charge in [0.1, 0.15) is 0 Å². The number of allylic oxidation sites excluding steroid dienone is 2. The van der Waals surface area contributed by atoms with Crippen LogP contribution in [-0.4, -0.2) is 34.9 Å². The minimum atomic E-state index is -0.657. The van der Waals surface area contributed by atoms with Crippen LogP contribution in [0.1, 0.15) is 341 Å². The summed E-state index contributed by atoms with van der Waals surface area (Å²) < 4.78 is 0. The van der Waals surface area contributed by atoms with E-state index in [0.29, 0.717) is 12.8 Å². The summed E-state index contributed by atoms with van der Waals surface area (Å²) in [5, 5.41) is 23.4. The fourth-order valence-corrected chi connectivity index (χ4v) is 9.54. The molecule has 0 aromatic heterocycles. The number of carbonyl (C=O) groups is 1. The first-order valence-corrected chi connectivity index (χ1v) is 29.4. The molecule has 0 rings (SSSR count). The van der Waals surface area contributed by atoms with E-state index in [1.54, 1.807) is 0 Å². The SMILES string of the molecule is CCCCCCCCCC/C=C\CCCCCCCCCCCCCCCCCC(=O)NC(CO)C(O)CCCCCCCCCCCCCCCCCCCCCCCCCC. The van der Waals surface area contributed by atoms with Gasteiger partial charge in [0.05, 0.1) is 18.8 Å². The molecule has 0 saturated heterocycles. The van der Waals surface area contributed by atoms with E-state index in [9.17, 15) is 15.0 Å². The third kappa shape index (κ3) is 52.0. The van der Waals surface area contributed by atoms with E-state index >= 15 is 0 Å². The van der Waals surface area contributed by atoms with Gasteiger partial charge < -0.3 is 15.5 Å². The average Bonchev–Trinajstić information content (AvgIpc) is 3.29. The summed E-state index contributed by atoms with van der Waals surface area (Å²) in [7, 11) is 0. The first-order chi connectivity index (χ1) is 31.2. The summed E-state index contributed by atoms with van der Waals surface area (Å²) in [6.45, 7) is 4.40. The second-order valence-corrected chi connectivity index (χ2v) is 20.4. The predicted molar refractivity (Wildman–Crippen MR) is 281 cm³/mol. The smallest absolute Gasteiger partial charge is 0.220 e. The Balaban J connectivity index is 3.41. The average molecular weight is 889 g/mol. The van der Waals surface area contributed by atoms with Gasteiger partial charge in [0.25, 0.3) is 0 Å². The fourth-order valence-electron chi connectivity index (χ4n) is 9.54. The minimum Gasteiger partial charge on any atom is -0.394 e. The molecule has 1 amide bonds. The predicted octanol–water partition coefficient (Wildman–Crippen LogP) is 19.3. The van der Waals surface area contributed by atoms with Gasteiger partial charge in [0.15, 0.2) is 0 Å². The Morgan fingerprint density at radius 3 is 0.873 bits per heavy atom. The van der Waals surface area contributed by atoms with Crippen molar-refractivity contribution in [1.29, 1.82) is 0 Å². The second kappa shape index (κ2) is 55.5. The maximum absolute atomic E-state index is 12.5. The summed E-state index contributed by atoms with van der Waals surface area (Å²) in [5.74, 6) is -0.0237. The highest BCUT2D eigenvalue weighted by Gasteiger charge is 2.20. The molecular weight excluding hydrogens is 771 g/mol. The molecule has 0 aliphatic heterocycles. The summed E-state index contributed by atoms with van der Waals surface area (Å²) in [6.07, 6.45) is 72.1. The second-order valence-electron chi connectivity index (χ2n) is 20.4. The zero-order valence-electron chi connectivity index (χ0n) is 43.4. The first kappa shape index (κ1) is 62.1. The van der Waals surface area contributed by atoms with Crippen LogP contribution < -0.4 is 5.32 Å². The molecule has 0 aromatic rings. The highest BCUT2D eigenvalue weighted by molar-refractivity contribution is 5.76. The molecule has 0 saturated carbocycles. The van der Waals surface area contributed by atoms with Gasteiger partial charge in [-0.15, -0.1) is 0 Å². The van der Waals surface area contributed by atoms with E-state index in [0.717, 1.165) is 25.7 Å². The Morgan fingerprint density at radius 1 is 0.365 bits per heavy atom. The molecule has 2 unspecified atom stereocenters. The highest BCUT2D eigenvalue weighted by atomic mass is 16.3. The normalized spacial score (nSPS) is 12.8. The molecule has 0 spiro atoms. The van der Waals surface area contributed by atoms with Crippen LogP contribution in [0.25, 0.3) is 0 Å². The van der Waals surface area contributed by atoms with Gasteiger partial charge in [-0.1, -0.05) is 309 Å². The molecule has 0 bridgehead atoms. The Morgan fingerprint density at radius 2 is 0.603 bits per heavy atom. The van der Waals surface area contributed by atoms with Crippen molar-refractivity contribution in [3.05, 3.63) is 12.2 Å². The Kier molecular flexibility index (Phi) is 54.7. The van der Waals surface area contributed by atoms with Crippen molar-refractivity contribution >= 4 is 5.91 Å². The summed E-state index contributed by atoms with van der Waals surface area (Å²) in [4.78, 5) is 12.5. The standard InChI is InChI=1S/C59H117NO3/c1-3-5-7-9-11-13-15-17-19-21-23-25-27-29-30-31-33-35-37-39-41-43-45-47-49-51-53-55-59(63)60-57(56-61)58(62)54-52-50-48-46-44-42-40-38-36-34-32-28-26-24-22-20-18-16-14-12-10-8-6-4-2/h21,23,57-58,61-62H,3-20,22,24-56H2,1-2H3,(H,60,63)/b23-21-. The van der Waals surface area contributed by atoms with Crippen molar-refractivity contribution in [2.75, 3.05) is 6.61 Å². The van der Waals surface area contributed by atoms with Gasteiger partial charge in [0.2, 0.25) is 5.91 Å². The van der Waals surface area contributed by atoms with Crippen molar-refractivity contribution in [2.24, 2.45) is 0 Å². The topological polar surface area (TPSA) is 69.6 Å². The Hall–Kier alpha value is -0.870. The zero-order chi connectivity index (χ0) is 45.6. The lowest BCUT2D eigenvalue weighted by atomic mass is 10.0. The van der Waals surface area contributed by atoms with Gasteiger partial charge in [0, 0.05) is 6.42 Å². The molecule has 0 radical (unpaired) electrons. The lowest BCUT2D eigenvalue weighted by molar-refractivity contribution is -0.123. The van der Waals surface area contributed by atoms with Gasteiger partial charge in [-0.3, -0.25) is 4.79 Å². The lowest BCUT2D eigenvalue weighted by Gasteiger charge is -2.22. The molecule has 0 aliphatic carbocycles. The molecule has 0 aliphatic rings. The number of rotatable bonds is 55. The molecule has 376 valence electrons. The van der Waals surface area contributed by atoms with E-state index in [-0.39, 0.29) is 12.5 Å². The van der Waals surface area contributed by atoms with Crippen molar-refractivity contribution in [3.8, 4) is 0 Å². The molecule has 0 heterocycles. The van der Waals surface area contributed by atoms with Crippen molar-refractivity contribution in [1.82, 2.24) is 5.32 Å². The number of carbonyl (C=O) groups excluding carboxylic acids is 1. The molecular formula is C59H117NO3. The number of amides is 1. The maximum atomic E-state index is 12.5. The highest BCUT2D eigenvalue weighted by Crippen LogP contribution is 2.18. The molecule has 3 N–H and O–H groups in total. The van der Waals surface area contributed by atoms with Gasteiger partial charge in [-0.2, -0.15) is 0 Å². The van der Waals surface area contributed by atoms with Crippen LogP contribution in [0.3, 0.4) is 0 Å². The summed E-state index contributed by atoms with van der Waals surface area (Å²) >= 11 is 0. The first-order valence-electron chi connectivity index (χ1n) is 29.4. The maximum Gasteiger partial charge on any atom is 0.220 e. The van der Waals surface area contributed by atoms with Gasteiger partial charge in [-0.25, -0.2) is 0 Å². The van der Waals surface area contributed by atoms with E-state index in [1.165, 1.54) is 289 Å². The number of hydrogen-bond donors (Lipinski definition) is 3. The van der Waals surface area contributed by atoms with E-state index in [2.05, 4.69) is 31.3 Å². The van der Waals surface area contributed by atoms with Crippen LogP contribution in [0, 0.1) is 0 Å². The summed E-state index contributed by atoms with van der Waals surface area (Å²) in [5.41, 5.74) is 0. The van der Waals surface area contributed by atoms with Gasteiger partial charge in [-0.05, 0) is 38.5 Å². The molecule has 2 atom stereocenters. The van der Waals surface area contributed by atoms with Crippen molar-refractivity contribution in [3.63, 3.8) is 0 Å². The quantitative estimate of drug-likeness (QED) is 0.0421. The van der Waals surface area contributed by atoms with Crippen LogP contribution in [0.2, 0.25) is 0 Å². The molecule has 0 fully saturated rings. The number of hydrogen-bond acceptors (Lipinski definition) is 3. The number of aliphatic hydroxyl groups is 2. The van der Waals surface area contributed by atoms with Crippen LogP contribution in [0.15, 0.2) is 12.2 Å². The lowest BCUT2D eigenvalue weighted by Crippen LogP contribution is -2.45. The Bertz CT molecular complexity index is 875. The zero-order valence-corrected chi connectivity index (χ0v) is 43.4. The van der Waals surface area contributed by atoms with Crippen molar-refractivity contribution in [2.45, 2.75) is 353 Å². The number of aliphatic hydroxyl groups excluding tert-OH is 2. The summed E-state index contributed by atoms with van der Waals surface area (Å²) in [6, 6.07) is -0.534. The fraction of sp³-hybridized carbons (Fsp3) is 0.949. The van der Waals surface area contributed by atoms with Crippen LogP contribution >= 0.6 is 0 Å². The van der Waals surface area contributed by atoms with Crippen LogP contribution in [-0.2, 0) is 4.79 Å². The molecule has 63 heavy (non-hydrogen) atoms. The van der Waals surface area contributed by atoms with Crippen LogP contribution in [0.4, 0.5) is 0 Å². The molecule has 0 aromatic carbocycles. The number of nitrogens with one attached hydrogen (secondary N) is 1. The van der Waals surface area contributed by atoms with E-state index < -0.39 is 12.1 Å². The monoisotopic (exact) mass is 888 g/mol. The Labute approximate surface area is 397 Å². The molecule has 4 heteroatoms. The van der Waals surface area contributed by atoms with Crippen LogP contribution in [0.5, 0.6) is 0 Å². The van der Waals surface area contributed by atoms with E-state index in [4.69, 9.17) is 0 Å². The van der Waals surface area contributed by atoms with Gasteiger partial charge >= 0.3 is 0 Å². The van der Waals surface area contributed by atoms with Crippen molar-refractivity contribution < 1.29 is 15.0 Å². The largest absolute Gasteiger partial charge is 0.394 e. The number of unbranched alkanes of at least 4 members (excludes halogenated alkanes) is 46. The molecule has 4 nitrogen and oxygen atoms in total. The minimum absolute atomic E-state index is 0.0237. The van der Waals surface area contributed by atoms with E-state index in [1.807, 2.05) is 0 Å². The third-order valence-electron chi connectivity index (χ3n) is 14.0. The third-order valence-corrected chi connectivity index (χ3v) is 14.0.